The summed E-state index contributed by atoms with van der Waals surface area (Å²) in [7, 11) is 0. The summed E-state index contributed by atoms with van der Waals surface area (Å²) < 4.78 is 1.87. The Kier molecular flexibility index (Phi) is 7.35. The zero-order chi connectivity index (χ0) is 20.8. The van der Waals surface area contributed by atoms with Gasteiger partial charge in [0.2, 0.25) is 5.91 Å². The molecule has 3 heterocycles. The van der Waals surface area contributed by atoms with Crippen LogP contribution in [0.15, 0.2) is 30.3 Å². The Morgan fingerprint density at radius 3 is 2.70 bits per heavy atom. The number of nitrogens with zero attached hydrogens (tertiary/aromatic N) is 6. The van der Waals surface area contributed by atoms with Crippen molar-refractivity contribution in [1.29, 1.82) is 0 Å². The van der Waals surface area contributed by atoms with Crippen LogP contribution in [-0.2, 0) is 4.79 Å². The van der Waals surface area contributed by atoms with E-state index in [4.69, 9.17) is 5.73 Å². The fourth-order valence-corrected chi connectivity index (χ4v) is 5.22. The molecule has 2 aliphatic rings. The number of aromatic nitrogens is 4. The van der Waals surface area contributed by atoms with Gasteiger partial charge in [-0.25, -0.2) is 0 Å². The molecular weight excluding hydrogens is 398 g/mol. The van der Waals surface area contributed by atoms with E-state index < -0.39 is 0 Å². The highest BCUT2D eigenvalue weighted by molar-refractivity contribution is 7.99. The van der Waals surface area contributed by atoms with Gasteiger partial charge in [-0.3, -0.25) is 4.79 Å². The Morgan fingerprint density at radius 2 is 1.97 bits per heavy atom. The van der Waals surface area contributed by atoms with E-state index in [-0.39, 0.29) is 11.9 Å². The summed E-state index contributed by atoms with van der Waals surface area (Å²) in [5, 5.41) is 12.4. The van der Waals surface area contributed by atoms with Gasteiger partial charge in [-0.1, -0.05) is 24.6 Å². The van der Waals surface area contributed by atoms with Gasteiger partial charge < -0.3 is 15.5 Å². The fourth-order valence-electron chi connectivity index (χ4n) is 4.26. The van der Waals surface area contributed by atoms with Crippen molar-refractivity contribution in [2.45, 2.75) is 44.1 Å². The van der Waals surface area contributed by atoms with Gasteiger partial charge in [0.25, 0.3) is 0 Å². The van der Waals surface area contributed by atoms with Crippen LogP contribution in [0.25, 0.3) is 5.69 Å². The molecular formula is C21H31N7OS. The van der Waals surface area contributed by atoms with Crippen LogP contribution in [0.3, 0.4) is 0 Å². The lowest BCUT2D eigenvalue weighted by Gasteiger charge is -2.31. The normalized spacial score (nSPS) is 19.3. The lowest BCUT2D eigenvalue weighted by Crippen LogP contribution is -2.42. The van der Waals surface area contributed by atoms with Crippen LogP contribution in [0, 0.1) is 0 Å². The Balaban J connectivity index is 1.18. The van der Waals surface area contributed by atoms with Gasteiger partial charge in [-0.15, -0.1) is 16.9 Å². The number of hydrogen-bond acceptors (Lipinski definition) is 7. The van der Waals surface area contributed by atoms with E-state index >= 15 is 0 Å². The van der Waals surface area contributed by atoms with Crippen molar-refractivity contribution >= 4 is 17.7 Å². The second kappa shape index (κ2) is 10.4. The summed E-state index contributed by atoms with van der Waals surface area (Å²) in [6.45, 7) is 4.03. The van der Waals surface area contributed by atoms with Crippen molar-refractivity contribution in [1.82, 2.24) is 30.0 Å². The van der Waals surface area contributed by atoms with Crippen molar-refractivity contribution in [3.8, 4) is 5.69 Å². The predicted molar refractivity (Wildman–Crippen MR) is 118 cm³/mol. The number of thioether (sulfide) groups is 1. The second-order valence-corrected chi connectivity index (χ2v) is 9.22. The lowest BCUT2D eigenvalue weighted by molar-refractivity contribution is -0.131. The van der Waals surface area contributed by atoms with Gasteiger partial charge in [-0.2, -0.15) is 4.68 Å². The molecule has 1 atom stereocenters. The first-order valence-electron chi connectivity index (χ1n) is 10.9. The van der Waals surface area contributed by atoms with Gasteiger partial charge in [0.05, 0.1) is 17.6 Å². The molecule has 0 bridgehead atoms. The molecule has 1 aromatic heterocycles. The molecule has 30 heavy (non-hydrogen) atoms. The van der Waals surface area contributed by atoms with Crippen molar-refractivity contribution in [2.75, 3.05) is 37.8 Å². The first kappa shape index (κ1) is 21.3. The van der Waals surface area contributed by atoms with Crippen LogP contribution < -0.4 is 5.73 Å². The zero-order valence-electron chi connectivity index (χ0n) is 17.4. The molecule has 2 aromatic rings. The Morgan fingerprint density at radius 1 is 1.17 bits per heavy atom. The van der Waals surface area contributed by atoms with Crippen LogP contribution in [-0.4, -0.2) is 79.8 Å². The Labute approximate surface area is 182 Å². The Hall–Kier alpha value is -1.97. The number of likely N-dealkylation sites (tertiary alicyclic amines) is 1. The van der Waals surface area contributed by atoms with Crippen LogP contribution in [0.5, 0.6) is 0 Å². The minimum absolute atomic E-state index is 0.122. The van der Waals surface area contributed by atoms with Crippen molar-refractivity contribution in [3.05, 3.63) is 36.2 Å². The molecule has 0 spiro atoms. The number of tetrazole rings is 1. The summed E-state index contributed by atoms with van der Waals surface area (Å²) in [5.41, 5.74) is 7.13. The molecule has 162 valence electrons. The average Bonchev–Trinajstić information content (AvgIpc) is 3.49. The molecule has 2 saturated heterocycles. The molecule has 4 rings (SSSR count). The minimum Gasteiger partial charge on any atom is -0.331 e. The third-order valence-corrected chi connectivity index (χ3v) is 7.03. The summed E-state index contributed by atoms with van der Waals surface area (Å²) in [4.78, 5) is 16.7. The molecule has 2 fully saturated rings. The molecule has 0 radical (unpaired) electrons. The minimum atomic E-state index is -0.341. The van der Waals surface area contributed by atoms with E-state index in [1.807, 2.05) is 39.9 Å². The average molecular weight is 430 g/mol. The lowest BCUT2D eigenvalue weighted by atomic mass is 9.95. The number of amides is 1. The van der Waals surface area contributed by atoms with Gasteiger partial charge >= 0.3 is 0 Å². The smallest absolute Gasteiger partial charge is 0.240 e. The van der Waals surface area contributed by atoms with Crippen LogP contribution in [0.4, 0.5) is 0 Å². The number of rotatable bonds is 8. The molecule has 0 unspecified atom stereocenters. The van der Waals surface area contributed by atoms with E-state index in [1.54, 1.807) is 11.8 Å². The van der Waals surface area contributed by atoms with E-state index in [2.05, 4.69) is 20.4 Å². The maximum absolute atomic E-state index is 12.3. The van der Waals surface area contributed by atoms with Gasteiger partial charge in [0, 0.05) is 18.2 Å². The molecule has 1 aromatic carbocycles. The summed E-state index contributed by atoms with van der Waals surface area (Å²) >= 11 is 1.80. The summed E-state index contributed by atoms with van der Waals surface area (Å²) in [6.07, 6.45) is 5.00. The summed E-state index contributed by atoms with van der Waals surface area (Å²) in [6, 6.07) is 9.74. The topological polar surface area (TPSA) is 93.2 Å². The van der Waals surface area contributed by atoms with Crippen LogP contribution in [0.1, 0.15) is 43.8 Å². The largest absolute Gasteiger partial charge is 0.331 e. The number of para-hydroxylation sites is 1. The van der Waals surface area contributed by atoms with E-state index in [0.717, 1.165) is 81.4 Å². The third-order valence-electron chi connectivity index (χ3n) is 6.07. The molecule has 2 aliphatic heterocycles. The Bertz CT molecular complexity index is 801. The highest BCUT2D eigenvalue weighted by atomic mass is 32.2. The van der Waals surface area contributed by atoms with Crippen molar-refractivity contribution in [2.24, 2.45) is 5.73 Å². The number of carbonyl (C=O) groups excluding carboxylic acids is 1. The monoisotopic (exact) mass is 429 g/mol. The van der Waals surface area contributed by atoms with Crippen LogP contribution in [0.2, 0.25) is 0 Å². The van der Waals surface area contributed by atoms with Gasteiger partial charge in [-0.05, 0) is 67.9 Å². The van der Waals surface area contributed by atoms with Gasteiger partial charge in [0.1, 0.15) is 0 Å². The van der Waals surface area contributed by atoms with E-state index in [1.165, 1.54) is 0 Å². The SMILES string of the molecule is N[C@@H](CCCCN1CCC(c2nnnn2-c2ccccc2)CC1)C(=O)N1CCSC1. The number of carbonyl (C=O) groups is 1. The number of benzene rings is 1. The maximum Gasteiger partial charge on any atom is 0.240 e. The number of piperidine rings is 1. The van der Waals surface area contributed by atoms with Crippen LogP contribution >= 0.6 is 11.8 Å². The second-order valence-electron chi connectivity index (χ2n) is 8.14. The number of nitrogens with two attached hydrogens (primary N) is 1. The maximum atomic E-state index is 12.3. The predicted octanol–water partition coefficient (Wildman–Crippen LogP) is 1.87. The fraction of sp³-hybridized carbons (Fsp3) is 0.619. The quantitative estimate of drug-likeness (QED) is 0.640. The first-order valence-corrected chi connectivity index (χ1v) is 12.1. The third kappa shape index (κ3) is 5.19. The highest BCUT2D eigenvalue weighted by Gasteiger charge is 2.26. The van der Waals surface area contributed by atoms with Gasteiger partial charge in [0.15, 0.2) is 5.82 Å². The van der Waals surface area contributed by atoms with Crippen molar-refractivity contribution < 1.29 is 4.79 Å². The summed E-state index contributed by atoms with van der Waals surface area (Å²) in [5.74, 6) is 3.31. The molecule has 0 saturated carbocycles. The molecule has 9 heteroatoms. The van der Waals surface area contributed by atoms with E-state index in [0.29, 0.717) is 5.92 Å². The molecule has 1 amide bonds. The van der Waals surface area contributed by atoms with E-state index in [9.17, 15) is 4.79 Å². The first-order chi connectivity index (χ1) is 14.7. The number of unbranched alkanes of at least 4 members (excludes halogenated alkanes) is 1. The standard InChI is InChI=1S/C21H31N7OS/c22-19(21(29)27-14-15-30-16-27)8-4-5-11-26-12-9-17(10-13-26)20-23-24-25-28(20)18-6-2-1-3-7-18/h1-3,6-7,17,19H,4-5,8-16,22H2/t19-/m0/s1. The molecule has 8 nitrogen and oxygen atoms in total. The molecule has 0 aliphatic carbocycles. The van der Waals surface area contributed by atoms with Crippen molar-refractivity contribution in [3.63, 3.8) is 0 Å². The number of hydrogen-bond donors (Lipinski definition) is 1. The zero-order valence-corrected chi connectivity index (χ0v) is 18.2. The molecule has 2 N–H and O–H groups in total. The highest BCUT2D eigenvalue weighted by Crippen LogP contribution is 2.27.